The number of carboxylic acid groups (broad SMARTS) is 1. The highest BCUT2D eigenvalue weighted by molar-refractivity contribution is 7.09. The van der Waals surface area contributed by atoms with Crippen molar-refractivity contribution in [3.63, 3.8) is 0 Å². The minimum atomic E-state index is -0.800. The molecule has 1 aromatic heterocycles. The molecule has 2 aromatic rings. The fourth-order valence-electron chi connectivity index (χ4n) is 2.83. The van der Waals surface area contributed by atoms with Gasteiger partial charge in [-0.05, 0) is 17.7 Å². The van der Waals surface area contributed by atoms with Gasteiger partial charge in [0, 0.05) is 30.6 Å². The summed E-state index contributed by atoms with van der Waals surface area (Å²) >= 11 is 1.57. The standard InChI is InChI=1S/C15H15FN2O2S/c16-11-3-1-10(2-4-11)12-7-18(8-13(12)15(19)20)9-14-17-5-6-21-14/h1-6,12-13H,7-9H2,(H,19,20)/t12-,13+/m0/s1. The number of likely N-dealkylation sites (tertiary alicyclic amines) is 1. The van der Waals surface area contributed by atoms with E-state index < -0.39 is 11.9 Å². The smallest absolute Gasteiger partial charge is 0.308 e. The molecule has 0 radical (unpaired) electrons. The van der Waals surface area contributed by atoms with Crippen LogP contribution in [-0.2, 0) is 11.3 Å². The first kappa shape index (κ1) is 14.2. The number of aliphatic carboxylic acids is 1. The molecule has 1 saturated heterocycles. The summed E-state index contributed by atoms with van der Waals surface area (Å²) < 4.78 is 13.0. The zero-order chi connectivity index (χ0) is 14.8. The van der Waals surface area contributed by atoms with Crippen molar-refractivity contribution in [2.75, 3.05) is 13.1 Å². The van der Waals surface area contributed by atoms with E-state index in [1.165, 1.54) is 12.1 Å². The van der Waals surface area contributed by atoms with Gasteiger partial charge in [-0.15, -0.1) is 11.3 Å². The lowest BCUT2D eigenvalue weighted by molar-refractivity contribution is -0.141. The molecule has 0 unspecified atom stereocenters. The monoisotopic (exact) mass is 306 g/mol. The van der Waals surface area contributed by atoms with Crippen molar-refractivity contribution >= 4 is 17.3 Å². The summed E-state index contributed by atoms with van der Waals surface area (Å²) in [4.78, 5) is 17.8. The zero-order valence-electron chi connectivity index (χ0n) is 11.3. The van der Waals surface area contributed by atoms with E-state index in [9.17, 15) is 14.3 Å². The summed E-state index contributed by atoms with van der Waals surface area (Å²) in [5, 5.41) is 12.3. The van der Waals surface area contributed by atoms with Crippen molar-refractivity contribution in [1.29, 1.82) is 0 Å². The summed E-state index contributed by atoms with van der Waals surface area (Å²) in [6.07, 6.45) is 1.75. The number of carbonyl (C=O) groups is 1. The van der Waals surface area contributed by atoms with Gasteiger partial charge in [0.2, 0.25) is 0 Å². The highest BCUT2D eigenvalue weighted by atomic mass is 32.1. The molecule has 0 amide bonds. The Hall–Kier alpha value is -1.79. The SMILES string of the molecule is O=C(O)[C@@H]1CN(Cc2nccs2)C[C@H]1c1ccc(F)cc1. The van der Waals surface area contributed by atoms with Gasteiger partial charge >= 0.3 is 5.97 Å². The number of aromatic nitrogens is 1. The van der Waals surface area contributed by atoms with Gasteiger partial charge < -0.3 is 5.11 Å². The first-order valence-electron chi connectivity index (χ1n) is 6.72. The van der Waals surface area contributed by atoms with E-state index >= 15 is 0 Å². The van der Waals surface area contributed by atoms with E-state index in [-0.39, 0.29) is 11.7 Å². The van der Waals surface area contributed by atoms with Crippen molar-refractivity contribution in [2.24, 2.45) is 5.92 Å². The summed E-state index contributed by atoms with van der Waals surface area (Å²) in [7, 11) is 0. The Labute approximate surface area is 125 Å². The van der Waals surface area contributed by atoms with Crippen LogP contribution in [0.5, 0.6) is 0 Å². The van der Waals surface area contributed by atoms with Crippen molar-refractivity contribution in [2.45, 2.75) is 12.5 Å². The number of benzene rings is 1. The van der Waals surface area contributed by atoms with E-state index in [0.29, 0.717) is 19.6 Å². The molecule has 4 nitrogen and oxygen atoms in total. The molecule has 0 saturated carbocycles. The first-order chi connectivity index (χ1) is 10.1. The Morgan fingerprint density at radius 2 is 2.14 bits per heavy atom. The maximum absolute atomic E-state index is 13.0. The molecule has 1 aromatic carbocycles. The van der Waals surface area contributed by atoms with Crippen LogP contribution in [0.4, 0.5) is 4.39 Å². The topological polar surface area (TPSA) is 53.4 Å². The van der Waals surface area contributed by atoms with E-state index in [1.54, 1.807) is 29.7 Å². The molecule has 1 aliphatic rings. The molecule has 21 heavy (non-hydrogen) atoms. The van der Waals surface area contributed by atoms with Crippen LogP contribution in [0.3, 0.4) is 0 Å². The van der Waals surface area contributed by atoms with Crippen LogP contribution in [0.25, 0.3) is 0 Å². The van der Waals surface area contributed by atoms with Gasteiger partial charge in [0.15, 0.2) is 0 Å². The zero-order valence-corrected chi connectivity index (χ0v) is 12.1. The van der Waals surface area contributed by atoms with Crippen LogP contribution >= 0.6 is 11.3 Å². The van der Waals surface area contributed by atoms with Crippen LogP contribution in [0, 0.1) is 11.7 Å². The number of hydrogen-bond acceptors (Lipinski definition) is 4. The Bertz CT molecular complexity index is 615. The van der Waals surface area contributed by atoms with E-state index in [4.69, 9.17) is 0 Å². The fourth-order valence-corrected chi connectivity index (χ4v) is 3.49. The van der Waals surface area contributed by atoms with Gasteiger partial charge in [0.1, 0.15) is 10.8 Å². The van der Waals surface area contributed by atoms with Crippen LogP contribution in [-0.4, -0.2) is 34.0 Å². The Morgan fingerprint density at radius 1 is 1.38 bits per heavy atom. The molecule has 0 bridgehead atoms. The summed E-state index contributed by atoms with van der Waals surface area (Å²) in [5.41, 5.74) is 0.880. The van der Waals surface area contributed by atoms with E-state index in [0.717, 1.165) is 10.6 Å². The molecule has 110 valence electrons. The van der Waals surface area contributed by atoms with Gasteiger partial charge in [-0.3, -0.25) is 9.69 Å². The maximum Gasteiger partial charge on any atom is 0.308 e. The van der Waals surface area contributed by atoms with Gasteiger partial charge in [-0.2, -0.15) is 0 Å². The summed E-state index contributed by atoms with van der Waals surface area (Å²) in [6.45, 7) is 1.82. The molecular formula is C15H15FN2O2S. The van der Waals surface area contributed by atoms with Crippen molar-refractivity contribution < 1.29 is 14.3 Å². The fraction of sp³-hybridized carbons (Fsp3) is 0.333. The molecule has 3 rings (SSSR count). The predicted octanol–water partition coefficient (Wildman–Crippen LogP) is 2.58. The van der Waals surface area contributed by atoms with Crippen LogP contribution in [0.1, 0.15) is 16.5 Å². The molecule has 0 spiro atoms. The van der Waals surface area contributed by atoms with Crippen LogP contribution in [0.15, 0.2) is 35.8 Å². The third-order valence-corrected chi connectivity index (χ3v) is 4.62. The van der Waals surface area contributed by atoms with Crippen molar-refractivity contribution in [3.8, 4) is 0 Å². The first-order valence-corrected chi connectivity index (χ1v) is 7.60. The van der Waals surface area contributed by atoms with Gasteiger partial charge in [0.05, 0.1) is 12.5 Å². The minimum absolute atomic E-state index is 0.108. The molecule has 1 aliphatic heterocycles. The third-order valence-electron chi connectivity index (χ3n) is 3.85. The van der Waals surface area contributed by atoms with Crippen LogP contribution < -0.4 is 0 Å². The Kier molecular flexibility index (Phi) is 3.98. The number of nitrogens with zero attached hydrogens (tertiary/aromatic N) is 2. The number of carboxylic acids is 1. The molecule has 2 heterocycles. The second-order valence-corrected chi connectivity index (χ2v) is 6.20. The summed E-state index contributed by atoms with van der Waals surface area (Å²) in [5.74, 6) is -1.67. The number of thiazole rings is 1. The average Bonchev–Trinajstić information content (AvgIpc) is 3.10. The lowest BCUT2D eigenvalue weighted by Gasteiger charge is -2.15. The lowest BCUT2D eigenvalue weighted by atomic mass is 9.89. The minimum Gasteiger partial charge on any atom is -0.481 e. The molecule has 1 N–H and O–H groups in total. The van der Waals surface area contributed by atoms with Gasteiger partial charge in [0.25, 0.3) is 0 Å². The Balaban J connectivity index is 1.78. The van der Waals surface area contributed by atoms with E-state index in [1.807, 2.05) is 5.38 Å². The number of rotatable bonds is 4. The van der Waals surface area contributed by atoms with Crippen molar-refractivity contribution in [3.05, 3.63) is 52.2 Å². The predicted molar refractivity (Wildman–Crippen MR) is 77.7 cm³/mol. The lowest BCUT2D eigenvalue weighted by Crippen LogP contribution is -2.23. The van der Waals surface area contributed by atoms with Gasteiger partial charge in [-0.25, -0.2) is 9.37 Å². The average molecular weight is 306 g/mol. The quantitative estimate of drug-likeness (QED) is 0.943. The molecular weight excluding hydrogens is 291 g/mol. The Morgan fingerprint density at radius 3 is 2.76 bits per heavy atom. The highest BCUT2D eigenvalue weighted by Gasteiger charge is 2.38. The molecule has 0 aliphatic carbocycles. The third kappa shape index (κ3) is 3.11. The highest BCUT2D eigenvalue weighted by Crippen LogP contribution is 2.33. The molecule has 1 fully saturated rings. The second-order valence-electron chi connectivity index (χ2n) is 5.22. The van der Waals surface area contributed by atoms with Crippen LogP contribution in [0.2, 0.25) is 0 Å². The maximum atomic E-state index is 13.0. The van der Waals surface area contributed by atoms with Crippen molar-refractivity contribution in [1.82, 2.24) is 9.88 Å². The largest absolute Gasteiger partial charge is 0.481 e. The number of halogens is 1. The number of hydrogen-bond donors (Lipinski definition) is 1. The molecule has 6 heteroatoms. The van der Waals surface area contributed by atoms with Gasteiger partial charge in [-0.1, -0.05) is 12.1 Å². The molecule has 2 atom stereocenters. The van der Waals surface area contributed by atoms with E-state index in [2.05, 4.69) is 9.88 Å². The second kappa shape index (κ2) is 5.91. The normalized spacial score (nSPS) is 22.5. The summed E-state index contributed by atoms with van der Waals surface area (Å²) in [6, 6.07) is 6.14.